The molecule has 2 atom stereocenters. The van der Waals surface area contributed by atoms with Gasteiger partial charge in [-0.15, -0.1) is 13.2 Å². The summed E-state index contributed by atoms with van der Waals surface area (Å²) in [6, 6.07) is 1.59. The van der Waals surface area contributed by atoms with Crippen molar-refractivity contribution in [1.29, 1.82) is 0 Å². The smallest absolute Gasteiger partial charge is 0.444 e. The molecule has 2 bridgehead atoms. The fraction of sp³-hybridized carbons (Fsp3) is 0.619. The summed E-state index contributed by atoms with van der Waals surface area (Å²) in [4.78, 5) is 24.9. The van der Waals surface area contributed by atoms with Gasteiger partial charge >= 0.3 is 12.5 Å². The van der Waals surface area contributed by atoms with Crippen LogP contribution in [0.5, 0.6) is 0 Å². The van der Waals surface area contributed by atoms with Gasteiger partial charge in [-0.25, -0.2) is 4.79 Å². The van der Waals surface area contributed by atoms with Crippen LogP contribution in [0.1, 0.15) is 59.2 Å². The maximum absolute atomic E-state index is 12.7. The molecule has 3 heterocycles. The van der Waals surface area contributed by atoms with E-state index in [1.54, 1.807) is 6.07 Å². The van der Waals surface area contributed by atoms with E-state index in [2.05, 4.69) is 30.7 Å². The number of carbonyl (C=O) groups excluding carboxylic acids is 2. The number of hydrogen-bond acceptors (Lipinski definition) is 7. The zero-order chi connectivity index (χ0) is 25.0. The van der Waals surface area contributed by atoms with E-state index in [-0.39, 0.29) is 34.9 Å². The molecule has 2 aromatic rings. The Morgan fingerprint density at radius 1 is 1.34 bits per heavy atom. The SMILES string of the molecule is Cc1c(COC(F)(F)F)nn(C)c1C(=O)Nc1cc([C@@H]2C[C@H](OC(=O)NC34CC(C3)C4)CO2)[nH]n1. The minimum Gasteiger partial charge on any atom is -0.444 e. The normalized spacial score (nSPS) is 27.2. The third kappa shape index (κ3) is 4.85. The van der Waals surface area contributed by atoms with E-state index in [1.807, 2.05) is 0 Å². The molecule has 3 N–H and O–H groups in total. The first-order chi connectivity index (χ1) is 16.5. The van der Waals surface area contributed by atoms with Gasteiger partial charge in [-0.1, -0.05) is 0 Å². The van der Waals surface area contributed by atoms with Crippen molar-refractivity contribution >= 4 is 17.8 Å². The lowest BCUT2D eigenvalue weighted by Gasteiger charge is -2.61. The monoisotopic (exact) mass is 498 g/mol. The van der Waals surface area contributed by atoms with Gasteiger partial charge in [0.05, 0.1) is 18.0 Å². The molecule has 2 amide bonds. The number of H-pyrrole nitrogens is 1. The minimum absolute atomic E-state index is 0.00107. The van der Waals surface area contributed by atoms with Gasteiger partial charge in [0.25, 0.3) is 5.91 Å². The van der Waals surface area contributed by atoms with Crippen molar-refractivity contribution < 1.29 is 37.0 Å². The predicted molar refractivity (Wildman–Crippen MR) is 112 cm³/mol. The standard InChI is InChI=1S/C21H25F3N6O5/c1-10-14(9-34-21(22,23)24)29-30(2)17(10)18(31)25-16-4-13(27-28-16)15-3-12(8-33-15)35-19(32)26-20-5-11(6-20)7-20/h4,11-12,15H,3,5-9H2,1-2H3,(H,26,32)(H2,25,27,28,31)/t11?,12-,15-,20?/m0/s1. The van der Waals surface area contributed by atoms with Crippen LogP contribution in [0.4, 0.5) is 23.8 Å². The number of aromatic amines is 1. The number of aromatic nitrogens is 4. The quantitative estimate of drug-likeness (QED) is 0.535. The second-order valence-electron chi connectivity index (χ2n) is 9.41. The van der Waals surface area contributed by atoms with E-state index in [0.29, 0.717) is 12.1 Å². The molecule has 1 aliphatic heterocycles. The summed E-state index contributed by atoms with van der Waals surface area (Å²) in [5.41, 5.74) is 0.875. The highest BCUT2D eigenvalue weighted by Crippen LogP contribution is 2.56. The van der Waals surface area contributed by atoms with Crippen molar-refractivity contribution in [2.45, 2.75) is 63.3 Å². The Hall–Kier alpha value is -3.13. The van der Waals surface area contributed by atoms with Crippen LogP contribution in [-0.4, -0.2) is 56.6 Å². The fourth-order valence-corrected chi connectivity index (χ4v) is 4.96. The molecule has 0 aromatic carbocycles. The van der Waals surface area contributed by atoms with Crippen molar-refractivity contribution in [2.75, 3.05) is 11.9 Å². The first-order valence-electron chi connectivity index (χ1n) is 11.2. The second kappa shape index (κ2) is 8.52. The molecule has 1 saturated heterocycles. The van der Waals surface area contributed by atoms with Gasteiger partial charge in [-0.2, -0.15) is 10.2 Å². The van der Waals surface area contributed by atoms with E-state index in [1.165, 1.54) is 18.7 Å². The summed E-state index contributed by atoms with van der Waals surface area (Å²) in [6.45, 7) is 0.930. The summed E-state index contributed by atoms with van der Waals surface area (Å²) in [7, 11) is 1.45. The first kappa shape index (κ1) is 23.6. The number of halogens is 3. The van der Waals surface area contributed by atoms with Crippen LogP contribution in [0.25, 0.3) is 0 Å². The molecule has 6 rings (SSSR count). The highest BCUT2D eigenvalue weighted by molar-refractivity contribution is 6.03. The number of nitrogens with one attached hydrogen (secondary N) is 3. The van der Waals surface area contributed by atoms with Crippen LogP contribution < -0.4 is 10.6 Å². The molecule has 4 fully saturated rings. The molecule has 0 spiro atoms. The number of ether oxygens (including phenoxy) is 3. The number of hydrogen-bond donors (Lipinski definition) is 3. The van der Waals surface area contributed by atoms with Crippen molar-refractivity contribution in [2.24, 2.45) is 13.0 Å². The molecule has 4 aliphatic rings. The summed E-state index contributed by atoms with van der Waals surface area (Å²) in [6.07, 6.45) is -2.53. The van der Waals surface area contributed by atoms with Crippen molar-refractivity contribution in [1.82, 2.24) is 25.3 Å². The van der Waals surface area contributed by atoms with Gasteiger partial charge in [0.15, 0.2) is 5.82 Å². The second-order valence-corrected chi connectivity index (χ2v) is 9.41. The van der Waals surface area contributed by atoms with Crippen LogP contribution >= 0.6 is 0 Å². The number of amides is 2. The number of anilines is 1. The van der Waals surface area contributed by atoms with Crippen molar-refractivity contribution in [3.63, 3.8) is 0 Å². The zero-order valence-corrected chi connectivity index (χ0v) is 19.1. The number of carbonyl (C=O) groups is 2. The van der Waals surface area contributed by atoms with E-state index in [0.717, 1.165) is 25.2 Å². The van der Waals surface area contributed by atoms with Crippen molar-refractivity contribution in [3.8, 4) is 0 Å². The molecule has 0 unspecified atom stereocenters. The van der Waals surface area contributed by atoms with E-state index < -0.39 is 37.2 Å². The van der Waals surface area contributed by atoms with Crippen LogP contribution in [-0.2, 0) is 27.9 Å². The lowest BCUT2D eigenvalue weighted by atomic mass is 9.50. The summed E-state index contributed by atoms with van der Waals surface area (Å²) >= 11 is 0. The number of alkyl carbamates (subject to hydrolysis) is 1. The molecule has 0 radical (unpaired) electrons. The minimum atomic E-state index is -4.80. The van der Waals surface area contributed by atoms with Gasteiger partial charge in [0, 0.05) is 30.6 Å². The maximum Gasteiger partial charge on any atom is 0.522 e. The Balaban J connectivity index is 1.15. The molecule has 11 nitrogen and oxygen atoms in total. The average molecular weight is 498 g/mol. The molecule has 2 aromatic heterocycles. The number of rotatable bonds is 7. The topological polar surface area (TPSA) is 132 Å². The van der Waals surface area contributed by atoms with Gasteiger partial charge in [-0.3, -0.25) is 19.3 Å². The Kier molecular flexibility index (Phi) is 5.74. The average Bonchev–Trinajstić information content (AvgIpc) is 3.41. The summed E-state index contributed by atoms with van der Waals surface area (Å²) in [5, 5.41) is 16.4. The van der Waals surface area contributed by atoms with Crippen LogP contribution in [0, 0.1) is 12.8 Å². The van der Waals surface area contributed by atoms with Crippen LogP contribution in [0.2, 0.25) is 0 Å². The van der Waals surface area contributed by atoms with E-state index >= 15 is 0 Å². The Morgan fingerprint density at radius 3 is 2.74 bits per heavy atom. The van der Waals surface area contributed by atoms with Crippen LogP contribution in [0.15, 0.2) is 6.07 Å². The number of nitrogens with zero attached hydrogens (tertiary/aromatic N) is 3. The Morgan fingerprint density at radius 2 is 2.09 bits per heavy atom. The summed E-state index contributed by atoms with van der Waals surface area (Å²) in [5.74, 6) is 0.359. The Bertz CT molecular complexity index is 1130. The van der Waals surface area contributed by atoms with E-state index in [4.69, 9.17) is 9.47 Å². The van der Waals surface area contributed by atoms with Crippen LogP contribution in [0.3, 0.4) is 0 Å². The zero-order valence-electron chi connectivity index (χ0n) is 19.1. The number of aryl methyl sites for hydroxylation is 1. The lowest BCUT2D eigenvalue weighted by molar-refractivity contribution is -0.330. The molecule has 3 saturated carbocycles. The highest BCUT2D eigenvalue weighted by atomic mass is 19.4. The maximum atomic E-state index is 12.7. The molecular formula is C21H25F3N6O5. The van der Waals surface area contributed by atoms with E-state index in [9.17, 15) is 22.8 Å². The fourth-order valence-electron chi connectivity index (χ4n) is 4.96. The third-order valence-corrected chi connectivity index (χ3v) is 6.80. The van der Waals surface area contributed by atoms with Gasteiger partial charge in [0.1, 0.15) is 24.5 Å². The van der Waals surface area contributed by atoms with Gasteiger partial charge in [0.2, 0.25) is 0 Å². The van der Waals surface area contributed by atoms with Crippen molar-refractivity contribution in [3.05, 3.63) is 28.7 Å². The lowest BCUT2D eigenvalue weighted by Crippen LogP contribution is -2.68. The van der Waals surface area contributed by atoms with Gasteiger partial charge in [-0.05, 0) is 32.1 Å². The predicted octanol–water partition coefficient (Wildman–Crippen LogP) is 2.85. The molecule has 35 heavy (non-hydrogen) atoms. The molecule has 190 valence electrons. The molecule has 14 heteroatoms. The third-order valence-electron chi connectivity index (χ3n) is 6.80. The first-order valence-corrected chi connectivity index (χ1v) is 11.2. The number of alkyl halides is 3. The highest BCUT2D eigenvalue weighted by Gasteiger charge is 2.57. The summed E-state index contributed by atoms with van der Waals surface area (Å²) < 4.78 is 53.2. The molecular weight excluding hydrogens is 473 g/mol. The molecule has 3 aliphatic carbocycles. The Labute approximate surface area is 197 Å². The van der Waals surface area contributed by atoms with Gasteiger partial charge < -0.3 is 20.1 Å². The largest absolute Gasteiger partial charge is 0.522 e.